The van der Waals surface area contributed by atoms with Crippen LogP contribution < -0.4 is 5.32 Å². The third kappa shape index (κ3) is 1.28. The molecule has 2 unspecified atom stereocenters. The molecule has 0 radical (unpaired) electrons. The average Bonchev–Trinajstić information content (AvgIpc) is 2.70. The van der Waals surface area contributed by atoms with E-state index in [4.69, 9.17) is 4.74 Å². The van der Waals surface area contributed by atoms with Gasteiger partial charge in [0, 0.05) is 6.54 Å². The number of methoxy groups -OCH3 is 1. The van der Waals surface area contributed by atoms with E-state index in [0.717, 1.165) is 18.5 Å². The number of nitrogens with one attached hydrogen (secondary N) is 1. The molecule has 1 N–H and O–H groups in total. The summed E-state index contributed by atoms with van der Waals surface area (Å²) in [6.45, 7) is 0.834. The molecular weight excluding hydrogens is 226 g/mol. The standard InChI is InChI=1S/C12H13NO2.ClH/c1-15-11(14)10-7-8-2-4-12(10)9(6-8)3-5-13-12;/h2-4,7-8,13H,5-6H2,1H3;1H. The van der Waals surface area contributed by atoms with Crippen LogP contribution in [0.15, 0.2) is 35.5 Å². The summed E-state index contributed by atoms with van der Waals surface area (Å²) in [7, 11) is 1.43. The largest absolute Gasteiger partial charge is 0.466 e. The Kier molecular flexibility index (Phi) is 2.68. The number of carbonyl (C=O) groups excluding carboxylic acids is 1. The molecule has 0 fully saturated rings. The van der Waals surface area contributed by atoms with E-state index in [0.29, 0.717) is 5.92 Å². The fourth-order valence-corrected chi connectivity index (χ4v) is 2.77. The van der Waals surface area contributed by atoms with E-state index in [-0.39, 0.29) is 23.9 Å². The molecule has 86 valence electrons. The van der Waals surface area contributed by atoms with Gasteiger partial charge in [0.2, 0.25) is 0 Å². The van der Waals surface area contributed by atoms with Gasteiger partial charge in [0.1, 0.15) is 0 Å². The summed E-state index contributed by atoms with van der Waals surface area (Å²) in [5.74, 6) is 0.150. The Morgan fingerprint density at radius 3 is 3.19 bits per heavy atom. The van der Waals surface area contributed by atoms with Crippen molar-refractivity contribution in [2.45, 2.75) is 12.0 Å². The van der Waals surface area contributed by atoms with Crippen LogP contribution in [0.2, 0.25) is 0 Å². The minimum Gasteiger partial charge on any atom is -0.466 e. The van der Waals surface area contributed by atoms with Crippen LogP contribution >= 0.6 is 12.4 Å². The summed E-state index contributed by atoms with van der Waals surface area (Å²) in [6.07, 6.45) is 9.52. The topological polar surface area (TPSA) is 38.3 Å². The van der Waals surface area contributed by atoms with E-state index in [2.05, 4.69) is 23.5 Å². The van der Waals surface area contributed by atoms with Crippen molar-refractivity contribution in [1.82, 2.24) is 5.32 Å². The van der Waals surface area contributed by atoms with E-state index in [9.17, 15) is 4.79 Å². The van der Waals surface area contributed by atoms with Crippen molar-refractivity contribution in [2.24, 2.45) is 5.92 Å². The second kappa shape index (κ2) is 3.75. The summed E-state index contributed by atoms with van der Waals surface area (Å²) in [5.41, 5.74) is 1.73. The molecule has 0 amide bonds. The van der Waals surface area contributed by atoms with Crippen molar-refractivity contribution in [1.29, 1.82) is 0 Å². The smallest absolute Gasteiger partial charge is 0.336 e. The van der Waals surface area contributed by atoms with Crippen molar-refractivity contribution in [3.63, 3.8) is 0 Å². The lowest BCUT2D eigenvalue weighted by Crippen LogP contribution is -2.49. The molecule has 1 spiro atoms. The zero-order valence-electron chi connectivity index (χ0n) is 9.03. The maximum absolute atomic E-state index is 11.7. The van der Waals surface area contributed by atoms with Crippen LogP contribution in [-0.4, -0.2) is 25.2 Å². The van der Waals surface area contributed by atoms with Crippen LogP contribution in [0, 0.1) is 5.92 Å². The van der Waals surface area contributed by atoms with Crippen LogP contribution in [0.4, 0.5) is 0 Å². The minimum absolute atomic E-state index is 0. The van der Waals surface area contributed by atoms with Crippen LogP contribution in [0.3, 0.4) is 0 Å². The number of halogens is 1. The molecule has 0 aromatic heterocycles. The lowest BCUT2D eigenvalue weighted by atomic mass is 9.69. The first-order chi connectivity index (χ1) is 7.26. The van der Waals surface area contributed by atoms with E-state index in [1.54, 1.807) is 0 Å². The van der Waals surface area contributed by atoms with Crippen molar-refractivity contribution in [3.8, 4) is 0 Å². The predicted molar refractivity (Wildman–Crippen MR) is 63.4 cm³/mol. The third-order valence-corrected chi connectivity index (χ3v) is 3.50. The fourth-order valence-electron chi connectivity index (χ4n) is 2.77. The first kappa shape index (κ1) is 11.4. The van der Waals surface area contributed by atoms with E-state index in [1.807, 2.05) is 6.08 Å². The number of esters is 1. The van der Waals surface area contributed by atoms with E-state index >= 15 is 0 Å². The molecule has 1 heterocycles. The Bertz CT molecular complexity index is 425. The highest BCUT2D eigenvalue weighted by molar-refractivity contribution is 5.94. The van der Waals surface area contributed by atoms with Crippen molar-refractivity contribution in [2.75, 3.05) is 13.7 Å². The fraction of sp³-hybridized carbons (Fsp3) is 0.417. The minimum atomic E-state index is -0.345. The Hall–Kier alpha value is -1.06. The highest BCUT2D eigenvalue weighted by Gasteiger charge is 2.47. The molecule has 4 heteroatoms. The molecule has 3 nitrogen and oxygen atoms in total. The molecule has 1 aliphatic heterocycles. The summed E-state index contributed by atoms with van der Waals surface area (Å²) in [6, 6.07) is 0. The Labute approximate surface area is 101 Å². The maximum Gasteiger partial charge on any atom is 0.336 e. The van der Waals surface area contributed by atoms with Crippen molar-refractivity contribution >= 4 is 18.4 Å². The number of hydrogen-bond acceptors (Lipinski definition) is 3. The van der Waals surface area contributed by atoms with Gasteiger partial charge in [-0.15, -0.1) is 12.4 Å². The lowest BCUT2D eigenvalue weighted by Gasteiger charge is -2.40. The van der Waals surface area contributed by atoms with Crippen molar-refractivity contribution < 1.29 is 9.53 Å². The molecule has 0 aromatic carbocycles. The monoisotopic (exact) mass is 239 g/mol. The van der Waals surface area contributed by atoms with Crippen LogP contribution in [0.25, 0.3) is 0 Å². The number of allylic oxidation sites excluding steroid dienone is 2. The predicted octanol–water partition coefficient (Wildman–Crippen LogP) is 1.37. The van der Waals surface area contributed by atoms with Crippen LogP contribution in [0.5, 0.6) is 0 Å². The van der Waals surface area contributed by atoms with Crippen LogP contribution in [-0.2, 0) is 9.53 Å². The van der Waals surface area contributed by atoms with Gasteiger partial charge in [-0.3, -0.25) is 5.32 Å². The van der Waals surface area contributed by atoms with E-state index in [1.165, 1.54) is 12.7 Å². The molecule has 0 saturated heterocycles. The average molecular weight is 240 g/mol. The zero-order chi connectivity index (χ0) is 10.5. The molecule has 4 rings (SSSR count). The van der Waals surface area contributed by atoms with Gasteiger partial charge >= 0.3 is 5.97 Å². The summed E-state index contributed by atoms with van der Waals surface area (Å²) < 4.78 is 4.84. The van der Waals surface area contributed by atoms with Gasteiger partial charge in [0.25, 0.3) is 0 Å². The molecule has 2 atom stereocenters. The Morgan fingerprint density at radius 1 is 1.62 bits per heavy atom. The van der Waals surface area contributed by atoms with E-state index < -0.39 is 0 Å². The zero-order valence-corrected chi connectivity index (χ0v) is 9.84. The molecule has 2 bridgehead atoms. The van der Waals surface area contributed by atoms with Crippen LogP contribution in [0.1, 0.15) is 6.42 Å². The number of rotatable bonds is 1. The highest BCUT2D eigenvalue weighted by atomic mass is 35.5. The first-order valence-electron chi connectivity index (χ1n) is 5.21. The van der Waals surface area contributed by atoms with Gasteiger partial charge < -0.3 is 4.74 Å². The SMILES string of the molecule is COC(=O)C1=CC2C=CC13NCC=C3C2.Cl. The van der Waals surface area contributed by atoms with Gasteiger partial charge in [0.15, 0.2) is 0 Å². The second-order valence-corrected chi connectivity index (χ2v) is 4.22. The number of carbonyl (C=O) groups is 1. The van der Waals surface area contributed by atoms with Gasteiger partial charge in [-0.2, -0.15) is 0 Å². The second-order valence-electron chi connectivity index (χ2n) is 4.22. The summed E-state index contributed by atoms with van der Waals surface area (Å²) in [4.78, 5) is 11.7. The van der Waals surface area contributed by atoms with Gasteiger partial charge in [-0.25, -0.2) is 4.79 Å². The molecular formula is C12H14ClNO2. The number of hydrogen-bond donors (Lipinski definition) is 1. The Balaban J connectivity index is 0.000000963. The third-order valence-electron chi connectivity index (χ3n) is 3.50. The number of ether oxygens (including phenoxy) is 1. The normalized spacial score (nSPS) is 33.7. The quantitative estimate of drug-likeness (QED) is 0.555. The first-order valence-corrected chi connectivity index (χ1v) is 5.21. The molecule has 3 aliphatic carbocycles. The lowest BCUT2D eigenvalue weighted by molar-refractivity contribution is -0.136. The summed E-state index contributed by atoms with van der Waals surface area (Å²) >= 11 is 0. The maximum atomic E-state index is 11.7. The van der Waals surface area contributed by atoms with Gasteiger partial charge in [0.05, 0.1) is 18.2 Å². The highest BCUT2D eigenvalue weighted by Crippen LogP contribution is 2.45. The molecule has 0 aromatic rings. The molecule has 16 heavy (non-hydrogen) atoms. The summed E-state index contributed by atoms with van der Waals surface area (Å²) in [5, 5.41) is 3.38. The van der Waals surface area contributed by atoms with Gasteiger partial charge in [-0.1, -0.05) is 24.3 Å². The molecule has 0 saturated carbocycles. The van der Waals surface area contributed by atoms with Crippen molar-refractivity contribution in [3.05, 3.63) is 35.5 Å². The Morgan fingerprint density at radius 2 is 2.44 bits per heavy atom. The molecule has 4 aliphatic rings. The van der Waals surface area contributed by atoms with Gasteiger partial charge in [-0.05, 0) is 17.9 Å².